The highest BCUT2D eigenvalue weighted by Gasteiger charge is 2.36. The molecule has 0 radical (unpaired) electrons. The van der Waals surface area contributed by atoms with Crippen molar-refractivity contribution in [2.75, 3.05) is 6.54 Å². The fourth-order valence-electron chi connectivity index (χ4n) is 2.55. The third kappa shape index (κ3) is 2.07. The number of likely N-dealkylation sites (tertiary alicyclic amines) is 1. The molecule has 104 valence electrons. The second-order valence-corrected chi connectivity index (χ2v) is 6.17. The van der Waals surface area contributed by atoms with Crippen LogP contribution in [0, 0.1) is 0 Å². The standard InChI is InChI=1S/C14H12ClNO3S/c15-11-8-4-1-2-6-10(8)20-12(11)13(17)16-7-3-5-9(16)14(18)19/h1-2,4,6,9H,3,5,7H2,(H,18,19). The molecular formula is C14H12ClNO3S. The zero-order valence-electron chi connectivity index (χ0n) is 10.5. The lowest BCUT2D eigenvalue weighted by Crippen LogP contribution is -2.40. The number of carboxylic acid groups (broad SMARTS) is 1. The van der Waals surface area contributed by atoms with Crippen LogP contribution in [0.15, 0.2) is 24.3 Å². The summed E-state index contributed by atoms with van der Waals surface area (Å²) in [4.78, 5) is 25.6. The van der Waals surface area contributed by atoms with E-state index in [2.05, 4.69) is 0 Å². The summed E-state index contributed by atoms with van der Waals surface area (Å²) in [5, 5.41) is 10.4. The summed E-state index contributed by atoms with van der Waals surface area (Å²) in [7, 11) is 0. The van der Waals surface area contributed by atoms with Gasteiger partial charge in [0.05, 0.1) is 5.02 Å². The number of benzene rings is 1. The van der Waals surface area contributed by atoms with E-state index in [1.54, 1.807) is 0 Å². The van der Waals surface area contributed by atoms with Gasteiger partial charge >= 0.3 is 5.97 Å². The molecule has 4 nitrogen and oxygen atoms in total. The van der Waals surface area contributed by atoms with E-state index >= 15 is 0 Å². The number of amides is 1. The minimum absolute atomic E-state index is 0.277. The van der Waals surface area contributed by atoms with Gasteiger partial charge in [-0.05, 0) is 18.9 Å². The summed E-state index contributed by atoms with van der Waals surface area (Å²) in [5.41, 5.74) is 0. The van der Waals surface area contributed by atoms with Crippen LogP contribution in [-0.2, 0) is 4.79 Å². The molecule has 3 rings (SSSR count). The fraction of sp³-hybridized carbons (Fsp3) is 0.286. The maximum Gasteiger partial charge on any atom is 0.326 e. The lowest BCUT2D eigenvalue weighted by atomic mass is 10.2. The van der Waals surface area contributed by atoms with Crippen molar-refractivity contribution in [3.63, 3.8) is 0 Å². The number of hydrogen-bond donors (Lipinski definition) is 1. The van der Waals surface area contributed by atoms with Crippen molar-refractivity contribution in [3.8, 4) is 0 Å². The van der Waals surface area contributed by atoms with Crippen molar-refractivity contribution >= 4 is 44.9 Å². The first-order chi connectivity index (χ1) is 9.59. The number of nitrogens with zero attached hydrogens (tertiary/aromatic N) is 1. The molecule has 1 aromatic carbocycles. The van der Waals surface area contributed by atoms with Gasteiger partial charge in [0, 0.05) is 16.6 Å². The predicted molar refractivity (Wildman–Crippen MR) is 78.5 cm³/mol. The minimum Gasteiger partial charge on any atom is -0.480 e. The zero-order chi connectivity index (χ0) is 14.3. The Hall–Kier alpha value is -1.59. The summed E-state index contributed by atoms with van der Waals surface area (Å²) in [6, 6.07) is 6.79. The number of thiophene rings is 1. The highest BCUT2D eigenvalue weighted by atomic mass is 35.5. The third-order valence-corrected chi connectivity index (χ3v) is 5.19. The lowest BCUT2D eigenvalue weighted by molar-refractivity contribution is -0.141. The Bertz CT molecular complexity index is 697. The minimum atomic E-state index is -0.951. The summed E-state index contributed by atoms with van der Waals surface area (Å²) >= 11 is 7.59. The van der Waals surface area contributed by atoms with Gasteiger partial charge in [0.15, 0.2) is 0 Å². The van der Waals surface area contributed by atoms with Crippen molar-refractivity contribution in [1.29, 1.82) is 0 Å². The molecule has 2 aromatic rings. The first-order valence-corrected chi connectivity index (χ1v) is 7.50. The van der Waals surface area contributed by atoms with Gasteiger partial charge in [-0.3, -0.25) is 4.79 Å². The number of hydrogen-bond acceptors (Lipinski definition) is 3. The molecule has 1 amide bonds. The van der Waals surface area contributed by atoms with Crippen LogP contribution in [0.25, 0.3) is 10.1 Å². The van der Waals surface area contributed by atoms with Crippen LogP contribution in [0.1, 0.15) is 22.5 Å². The SMILES string of the molecule is O=C(O)C1CCCN1C(=O)c1sc2ccccc2c1Cl. The monoisotopic (exact) mass is 309 g/mol. The molecule has 0 spiro atoms. The Labute approximate surface area is 124 Å². The first kappa shape index (κ1) is 13.4. The highest BCUT2D eigenvalue weighted by Crippen LogP contribution is 2.36. The van der Waals surface area contributed by atoms with Crippen molar-refractivity contribution in [3.05, 3.63) is 34.2 Å². The molecule has 1 aliphatic rings. The van der Waals surface area contributed by atoms with Gasteiger partial charge in [0.2, 0.25) is 0 Å². The highest BCUT2D eigenvalue weighted by molar-refractivity contribution is 7.21. The Balaban J connectivity index is 2.00. The molecule has 1 atom stereocenters. The number of fused-ring (bicyclic) bond motifs is 1. The van der Waals surface area contributed by atoms with Crippen LogP contribution in [0.4, 0.5) is 0 Å². The van der Waals surface area contributed by atoms with Gasteiger partial charge in [-0.1, -0.05) is 29.8 Å². The van der Waals surface area contributed by atoms with Gasteiger partial charge in [0.1, 0.15) is 10.9 Å². The second kappa shape index (κ2) is 5.07. The quantitative estimate of drug-likeness (QED) is 0.926. The number of halogens is 1. The molecule has 1 saturated heterocycles. The number of aliphatic carboxylic acids is 1. The molecule has 1 unspecified atom stereocenters. The molecular weight excluding hydrogens is 298 g/mol. The van der Waals surface area contributed by atoms with Gasteiger partial charge in [-0.25, -0.2) is 4.79 Å². The van der Waals surface area contributed by atoms with Crippen LogP contribution >= 0.6 is 22.9 Å². The topological polar surface area (TPSA) is 57.6 Å². The van der Waals surface area contributed by atoms with Crippen LogP contribution in [-0.4, -0.2) is 34.5 Å². The van der Waals surface area contributed by atoms with Crippen LogP contribution in [0.5, 0.6) is 0 Å². The van der Waals surface area contributed by atoms with E-state index < -0.39 is 12.0 Å². The molecule has 0 saturated carbocycles. The van der Waals surface area contributed by atoms with Gasteiger partial charge < -0.3 is 10.0 Å². The first-order valence-electron chi connectivity index (χ1n) is 6.30. The number of carbonyl (C=O) groups excluding carboxylic acids is 1. The van der Waals surface area contributed by atoms with Crippen molar-refractivity contribution < 1.29 is 14.7 Å². The van der Waals surface area contributed by atoms with Gasteiger partial charge in [0.25, 0.3) is 5.91 Å². The summed E-state index contributed by atoms with van der Waals surface area (Å²) < 4.78 is 0.937. The molecule has 1 aliphatic heterocycles. The average molecular weight is 310 g/mol. The van der Waals surface area contributed by atoms with E-state index in [4.69, 9.17) is 16.7 Å². The smallest absolute Gasteiger partial charge is 0.326 e. The van der Waals surface area contributed by atoms with Crippen molar-refractivity contribution in [1.82, 2.24) is 4.90 Å². The molecule has 6 heteroatoms. The molecule has 2 heterocycles. The van der Waals surface area contributed by atoms with E-state index in [1.807, 2.05) is 24.3 Å². The maximum absolute atomic E-state index is 12.5. The second-order valence-electron chi connectivity index (χ2n) is 4.74. The van der Waals surface area contributed by atoms with Crippen LogP contribution in [0.3, 0.4) is 0 Å². The molecule has 1 aromatic heterocycles. The number of carboxylic acids is 1. The van der Waals surface area contributed by atoms with Crippen molar-refractivity contribution in [2.24, 2.45) is 0 Å². The van der Waals surface area contributed by atoms with E-state index in [0.717, 1.165) is 10.1 Å². The van der Waals surface area contributed by atoms with Crippen molar-refractivity contribution in [2.45, 2.75) is 18.9 Å². The summed E-state index contributed by atoms with van der Waals surface area (Å²) in [6.45, 7) is 0.473. The zero-order valence-corrected chi connectivity index (χ0v) is 12.1. The third-order valence-electron chi connectivity index (χ3n) is 3.53. The maximum atomic E-state index is 12.5. The average Bonchev–Trinajstić information content (AvgIpc) is 3.04. The largest absolute Gasteiger partial charge is 0.480 e. The Morgan fingerprint density at radius 1 is 1.35 bits per heavy atom. The van der Waals surface area contributed by atoms with E-state index in [0.29, 0.717) is 29.3 Å². The Morgan fingerprint density at radius 2 is 2.10 bits per heavy atom. The normalized spacial score (nSPS) is 18.6. The number of carbonyl (C=O) groups is 2. The molecule has 0 bridgehead atoms. The van der Waals surface area contributed by atoms with E-state index in [1.165, 1.54) is 16.2 Å². The summed E-state index contributed by atoms with van der Waals surface area (Å²) in [6.07, 6.45) is 1.22. The van der Waals surface area contributed by atoms with Gasteiger partial charge in [-0.15, -0.1) is 11.3 Å². The molecule has 0 aliphatic carbocycles. The molecule has 1 fully saturated rings. The van der Waals surface area contributed by atoms with Crippen LogP contribution in [0.2, 0.25) is 5.02 Å². The Morgan fingerprint density at radius 3 is 2.80 bits per heavy atom. The van der Waals surface area contributed by atoms with Gasteiger partial charge in [-0.2, -0.15) is 0 Å². The number of rotatable bonds is 2. The van der Waals surface area contributed by atoms with E-state index in [9.17, 15) is 9.59 Å². The Kier molecular flexibility index (Phi) is 3.40. The fourth-order valence-corrected chi connectivity index (χ4v) is 4.02. The molecule has 1 N–H and O–H groups in total. The summed E-state index contributed by atoms with van der Waals surface area (Å²) in [5.74, 6) is -1.23. The lowest BCUT2D eigenvalue weighted by Gasteiger charge is -2.20. The van der Waals surface area contributed by atoms with Crippen LogP contribution < -0.4 is 0 Å². The molecule has 20 heavy (non-hydrogen) atoms. The predicted octanol–water partition coefficient (Wildman–Crippen LogP) is 3.24. The van der Waals surface area contributed by atoms with E-state index in [-0.39, 0.29) is 5.91 Å².